The molecule has 1 aliphatic rings. The van der Waals surface area contributed by atoms with Gasteiger partial charge in [-0.05, 0) is 42.8 Å². The van der Waals surface area contributed by atoms with E-state index in [1.807, 2.05) is 66.9 Å². The van der Waals surface area contributed by atoms with Crippen LogP contribution in [-0.4, -0.2) is 28.8 Å². The fourth-order valence-corrected chi connectivity index (χ4v) is 3.76. The molecule has 2 N–H and O–H groups in total. The molecular weight excluding hydrogens is 360 g/mol. The van der Waals surface area contributed by atoms with Crippen LogP contribution >= 0.6 is 11.6 Å². The molecule has 0 aliphatic carbocycles. The highest BCUT2D eigenvalue weighted by Gasteiger charge is 2.42. The van der Waals surface area contributed by atoms with E-state index >= 15 is 0 Å². The summed E-state index contributed by atoms with van der Waals surface area (Å²) in [4.78, 5) is 13.1. The Balaban J connectivity index is 1.48. The third kappa shape index (κ3) is 3.61. The second-order valence-electron chi connectivity index (χ2n) is 6.79. The Hall–Kier alpha value is -2.63. The molecule has 0 spiro atoms. The van der Waals surface area contributed by atoms with E-state index in [0.717, 1.165) is 29.9 Å². The minimum absolute atomic E-state index is 0.0380. The van der Waals surface area contributed by atoms with E-state index in [2.05, 4.69) is 15.7 Å². The Morgan fingerprint density at radius 1 is 1.19 bits per heavy atom. The van der Waals surface area contributed by atoms with E-state index in [4.69, 9.17) is 11.6 Å². The maximum absolute atomic E-state index is 13.1. The number of carbonyl (C=O) groups is 1. The number of rotatable bonds is 5. The molecule has 0 radical (unpaired) electrons. The van der Waals surface area contributed by atoms with Crippen LogP contribution in [0.2, 0.25) is 5.02 Å². The Bertz CT molecular complexity index is 932. The van der Waals surface area contributed by atoms with Crippen molar-refractivity contribution < 1.29 is 4.79 Å². The molecular formula is C21H21ClN4O. The van der Waals surface area contributed by atoms with Crippen LogP contribution in [0.15, 0.2) is 66.9 Å². The molecule has 1 saturated heterocycles. The standard InChI is InChI=1S/C21H21ClN4O/c22-17-7-4-8-19(13-17)26-12-9-18(25-26)14-24-20(27)21(10-11-23-15-21)16-5-2-1-3-6-16/h1-9,12-13,23H,10-11,14-15H2,(H,24,27). The second kappa shape index (κ2) is 7.55. The van der Waals surface area contributed by atoms with Gasteiger partial charge in [-0.3, -0.25) is 4.79 Å². The molecule has 1 unspecified atom stereocenters. The SMILES string of the molecule is O=C(NCc1ccn(-c2cccc(Cl)c2)n1)C1(c2ccccc2)CCNC1. The number of hydrogen-bond donors (Lipinski definition) is 2. The lowest BCUT2D eigenvalue weighted by atomic mass is 9.79. The lowest BCUT2D eigenvalue weighted by Gasteiger charge is -2.27. The number of hydrogen-bond acceptors (Lipinski definition) is 3. The summed E-state index contributed by atoms with van der Waals surface area (Å²) in [6, 6.07) is 19.4. The summed E-state index contributed by atoms with van der Waals surface area (Å²) in [7, 11) is 0. The van der Waals surface area contributed by atoms with Crippen molar-refractivity contribution in [1.29, 1.82) is 0 Å². The van der Waals surface area contributed by atoms with Gasteiger partial charge in [-0.25, -0.2) is 4.68 Å². The van der Waals surface area contributed by atoms with Gasteiger partial charge in [-0.15, -0.1) is 0 Å². The number of benzene rings is 2. The predicted molar refractivity (Wildman–Crippen MR) is 106 cm³/mol. The van der Waals surface area contributed by atoms with Crippen molar-refractivity contribution in [2.45, 2.75) is 18.4 Å². The van der Waals surface area contributed by atoms with Gasteiger partial charge < -0.3 is 10.6 Å². The molecule has 0 bridgehead atoms. The highest BCUT2D eigenvalue weighted by atomic mass is 35.5. The van der Waals surface area contributed by atoms with Gasteiger partial charge in [0.05, 0.1) is 23.3 Å². The van der Waals surface area contributed by atoms with E-state index < -0.39 is 5.41 Å². The van der Waals surface area contributed by atoms with Crippen LogP contribution in [0.3, 0.4) is 0 Å². The smallest absolute Gasteiger partial charge is 0.232 e. The largest absolute Gasteiger partial charge is 0.350 e. The summed E-state index contributed by atoms with van der Waals surface area (Å²) in [6.45, 7) is 1.88. The fourth-order valence-electron chi connectivity index (χ4n) is 3.58. The Labute approximate surface area is 163 Å². The molecule has 6 heteroatoms. The average molecular weight is 381 g/mol. The van der Waals surface area contributed by atoms with Crippen LogP contribution in [0.5, 0.6) is 0 Å². The van der Waals surface area contributed by atoms with Crippen molar-refractivity contribution in [3.8, 4) is 5.69 Å². The van der Waals surface area contributed by atoms with E-state index in [9.17, 15) is 4.79 Å². The van der Waals surface area contributed by atoms with Crippen molar-refractivity contribution in [2.24, 2.45) is 0 Å². The first-order chi connectivity index (χ1) is 13.2. The number of amides is 1. The molecule has 27 heavy (non-hydrogen) atoms. The first kappa shape index (κ1) is 17.8. The first-order valence-electron chi connectivity index (χ1n) is 9.02. The van der Waals surface area contributed by atoms with Gasteiger partial charge in [0.25, 0.3) is 0 Å². The van der Waals surface area contributed by atoms with Gasteiger partial charge >= 0.3 is 0 Å². The normalized spacial score (nSPS) is 19.1. The molecule has 0 saturated carbocycles. The number of carbonyl (C=O) groups excluding carboxylic acids is 1. The molecule has 4 rings (SSSR count). The van der Waals surface area contributed by atoms with Crippen LogP contribution < -0.4 is 10.6 Å². The first-order valence-corrected chi connectivity index (χ1v) is 9.40. The summed E-state index contributed by atoms with van der Waals surface area (Å²) in [5, 5.41) is 11.6. The van der Waals surface area contributed by atoms with E-state index in [0.29, 0.717) is 18.1 Å². The molecule has 1 aliphatic heterocycles. The molecule has 138 valence electrons. The van der Waals surface area contributed by atoms with Crippen molar-refractivity contribution in [3.63, 3.8) is 0 Å². The zero-order valence-corrected chi connectivity index (χ0v) is 15.6. The third-order valence-corrected chi connectivity index (χ3v) is 5.30. The van der Waals surface area contributed by atoms with Crippen LogP contribution in [0.25, 0.3) is 5.69 Å². The van der Waals surface area contributed by atoms with Crippen LogP contribution in [0.4, 0.5) is 0 Å². The highest BCUT2D eigenvalue weighted by Crippen LogP contribution is 2.31. The zero-order valence-electron chi connectivity index (χ0n) is 14.9. The molecule has 2 heterocycles. The van der Waals surface area contributed by atoms with Crippen LogP contribution in [0, 0.1) is 0 Å². The molecule has 3 aromatic rings. The van der Waals surface area contributed by atoms with E-state index in [-0.39, 0.29) is 5.91 Å². The molecule has 1 atom stereocenters. The summed E-state index contributed by atoms with van der Waals surface area (Å²) >= 11 is 6.05. The molecule has 2 aromatic carbocycles. The lowest BCUT2D eigenvalue weighted by molar-refractivity contribution is -0.126. The van der Waals surface area contributed by atoms with Gasteiger partial charge in [0, 0.05) is 17.8 Å². The molecule has 1 aromatic heterocycles. The van der Waals surface area contributed by atoms with Crippen molar-refractivity contribution in [3.05, 3.63) is 83.1 Å². The lowest BCUT2D eigenvalue weighted by Crippen LogP contribution is -2.45. The minimum atomic E-state index is -0.517. The summed E-state index contributed by atoms with van der Waals surface area (Å²) in [6.07, 6.45) is 2.66. The summed E-state index contributed by atoms with van der Waals surface area (Å²) < 4.78 is 1.76. The molecule has 5 nitrogen and oxygen atoms in total. The van der Waals surface area contributed by atoms with Gasteiger partial charge in [0.15, 0.2) is 0 Å². The zero-order chi connectivity index (χ0) is 18.7. The van der Waals surface area contributed by atoms with E-state index in [1.54, 1.807) is 4.68 Å². The molecule has 1 amide bonds. The maximum Gasteiger partial charge on any atom is 0.232 e. The summed E-state index contributed by atoms with van der Waals surface area (Å²) in [5.74, 6) is 0.0380. The Morgan fingerprint density at radius 3 is 2.78 bits per heavy atom. The number of aromatic nitrogens is 2. The van der Waals surface area contributed by atoms with Crippen molar-refractivity contribution in [2.75, 3.05) is 13.1 Å². The van der Waals surface area contributed by atoms with Crippen molar-refractivity contribution in [1.82, 2.24) is 20.4 Å². The van der Waals surface area contributed by atoms with Crippen LogP contribution in [0.1, 0.15) is 17.7 Å². The summed E-state index contributed by atoms with van der Waals surface area (Å²) in [5.41, 5.74) is 2.23. The van der Waals surface area contributed by atoms with Gasteiger partial charge in [-0.1, -0.05) is 48.0 Å². The van der Waals surface area contributed by atoms with E-state index in [1.165, 1.54) is 0 Å². The molecule has 1 fully saturated rings. The monoisotopic (exact) mass is 380 g/mol. The minimum Gasteiger partial charge on any atom is -0.350 e. The van der Waals surface area contributed by atoms with Gasteiger partial charge in [-0.2, -0.15) is 5.10 Å². The van der Waals surface area contributed by atoms with Gasteiger partial charge in [0.1, 0.15) is 0 Å². The number of nitrogens with one attached hydrogen (secondary N) is 2. The predicted octanol–water partition coefficient (Wildman–Crippen LogP) is 3.07. The quantitative estimate of drug-likeness (QED) is 0.715. The van der Waals surface area contributed by atoms with Crippen LogP contribution in [-0.2, 0) is 16.8 Å². The van der Waals surface area contributed by atoms with Crippen molar-refractivity contribution >= 4 is 17.5 Å². The van der Waals surface area contributed by atoms with Gasteiger partial charge in [0.2, 0.25) is 5.91 Å². The average Bonchev–Trinajstić information content (AvgIpc) is 3.37. The topological polar surface area (TPSA) is 59.0 Å². The second-order valence-corrected chi connectivity index (χ2v) is 7.23. The Morgan fingerprint density at radius 2 is 2.04 bits per heavy atom. The fraction of sp³-hybridized carbons (Fsp3) is 0.238. The number of halogens is 1. The third-order valence-electron chi connectivity index (χ3n) is 5.06. The Kier molecular flexibility index (Phi) is 4.97. The highest BCUT2D eigenvalue weighted by molar-refractivity contribution is 6.30. The number of nitrogens with zero attached hydrogens (tertiary/aromatic N) is 2. The maximum atomic E-state index is 13.1.